The molecule has 32 heavy (non-hydrogen) atoms. The van der Waals surface area contributed by atoms with Gasteiger partial charge in [0.15, 0.2) is 6.10 Å². The number of carbonyl (C=O) groups excluding carboxylic acids is 1. The molecule has 3 rings (SSSR count). The van der Waals surface area contributed by atoms with E-state index in [2.05, 4.69) is 69.3 Å². The first-order chi connectivity index (χ1) is 15.4. The van der Waals surface area contributed by atoms with E-state index >= 15 is 0 Å². The number of hydrogen-bond acceptors (Lipinski definition) is 6. The van der Waals surface area contributed by atoms with Crippen molar-refractivity contribution in [2.45, 2.75) is 44.4 Å². The van der Waals surface area contributed by atoms with Crippen LogP contribution in [-0.2, 0) is 28.2 Å². The van der Waals surface area contributed by atoms with Crippen molar-refractivity contribution in [3.63, 3.8) is 0 Å². The number of cyclic esters (lactones) is 1. The molecule has 0 aromatic heterocycles. The molecule has 0 N–H and O–H groups in total. The molecule has 0 spiro atoms. The highest BCUT2D eigenvalue weighted by atomic mass is 28.4. The predicted octanol–water partition coefficient (Wildman–Crippen LogP) is 2.88. The van der Waals surface area contributed by atoms with E-state index in [0.29, 0.717) is 26.2 Å². The summed E-state index contributed by atoms with van der Waals surface area (Å²) in [6, 6.07) is 20.8. The zero-order valence-electron chi connectivity index (χ0n) is 19.4. The lowest BCUT2D eigenvalue weighted by Gasteiger charge is -2.43. The van der Waals surface area contributed by atoms with Gasteiger partial charge in [0.2, 0.25) is 0 Å². The summed E-state index contributed by atoms with van der Waals surface area (Å²) in [5.41, 5.74) is 0. The predicted molar refractivity (Wildman–Crippen MR) is 126 cm³/mol. The summed E-state index contributed by atoms with van der Waals surface area (Å²) in [6.07, 6.45) is -0.538. The third-order valence-electron chi connectivity index (χ3n) is 5.71. The van der Waals surface area contributed by atoms with Gasteiger partial charge in [0.1, 0.15) is 12.9 Å². The van der Waals surface area contributed by atoms with E-state index in [9.17, 15) is 4.79 Å². The lowest BCUT2D eigenvalue weighted by molar-refractivity contribution is -0.158. The number of benzene rings is 2. The number of rotatable bonds is 11. The van der Waals surface area contributed by atoms with E-state index < -0.39 is 14.4 Å². The average Bonchev–Trinajstić information content (AvgIpc) is 3.14. The molecule has 2 aromatic rings. The van der Waals surface area contributed by atoms with Crippen LogP contribution in [0.4, 0.5) is 0 Å². The van der Waals surface area contributed by atoms with E-state index in [1.165, 1.54) is 10.4 Å². The third-order valence-corrected chi connectivity index (χ3v) is 10.7. The fourth-order valence-electron chi connectivity index (χ4n) is 4.17. The van der Waals surface area contributed by atoms with Crippen LogP contribution in [0, 0.1) is 0 Å². The minimum Gasteiger partial charge on any atom is -0.458 e. The summed E-state index contributed by atoms with van der Waals surface area (Å²) in [5, 5.41) is 2.26. The van der Waals surface area contributed by atoms with E-state index in [1.807, 2.05) is 12.1 Å². The lowest BCUT2D eigenvalue weighted by Crippen LogP contribution is -2.67. The van der Waals surface area contributed by atoms with Crippen molar-refractivity contribution in [2.75, 3.05) is 33.7 Å². The summed E-state index contributed by atoms with van der Waals surface area (Å²) in [5.74, 6) is -0.364. The van der Waals surface area contributed by atoms with E-state index in [4.69, 9.17) is 23.4 Å². The minimum atomic E-state index is -2.67. The number of methoxy groups -OCH3 is 1. The molecule has 1 fully saturated rings. The lowest BCUT2D eigenvalue weighted by atomic mass is 10.2. The number of ether oxygens (including phenoxy) is 4. The topological polar surface area (TPSA) is 63.2 Å². The molecule has 0 saturated carbocycles. The Morgan fingerprint density at radius 3 is 2.09 bits per heavy atom. The van der Waals surface area contributed by atoms with Gasteiger partial charge in [-0.25, -0.2) is 4.79 Å². The first-order valence-electron chi connectivity index (χ1n) is 11.0. The standard InChI is InChI=1S/C25H34O6Si/c1-25(2,3)32(21-11-7-5-8-12-21,22-13-9-6-10-14-22)30-18-20-17-23(24(26)31-20)29-19-28-16-15-27-4/h5-14,20,23H,15-19H2,1-4H3/t20-,23-/m0/s1. The second kappa shape index (κ2) is 11.2. The van der Waals surface area contributed by atoms with Crippen LogP contribution in [0.1, 0.15) is 27.2 Å². The molecule has 174 valence electrons. The Kier molecular flexibility index (Phi) is 8.62. The molecule has 2 aromatic carbocycles. The maximum Gasteiger partial charge on any atom is 0.335 e. The van der Waals surface area contributed by atoms with Gasteiger partial charge in [-0.15, -0.1) is 0 Å². The zero-order chi connectivity index (χ0) is 23.0. The Bertz CT molecular complexity index is 797. The number of carbonyl (C=O) groups is 1. The normalized spacial score (nSPS) is 19.2. The fourth-order valence-corrected chi connectivity index (χ4v) is 8.76. The highest BCUT2D eigenvalue weighted by Crippen LogP contribution is 2.37. The summed E-state index contributed by atoms with van der Waals surface area (Å²) < 4.78 is 28.3. The molecule has 0 aliphatic carbocycles. The maximum atomic E-state index is 12.3. The van der Waals surface area contributed by atoms with Crippen LogP contribution < -0.4 is 10.4 Å². The molecular weight excluding hydrogens is 424 g/mol. The minimum absolute atomic E-state index is 0.0331. The van der Waals surface area contributed by atoms with Gasteiger partial charge in [-0.2, -0.15) is 0 Å². The maximum absolute atomic E-state index is 12.3. The molecule has 1 aliphatic heterocycles. The molecule has 1 heterocycles. The zero-order valence-corrected chi connectivity index (χ0v) is 20.4. The van der Waals surface area contributed by atoms with Crippen LogP contribution in [0.25, 0.3) is 0 Å². The Hall–Kier alpha value is -2.03. The van der Waals surface area contributed by atoms with Gasteiger partial charge >= 0.3 is 5.97 Å². The second-order valence-corrected chi connectivity index (χ2v) is 13.2. The van der Waals surface area contributed by atoms with E-state index in [1.54, 1.807) is 7.11 Å². The van der Waals surface area contributed by atoms with Crippen LogP contribution >= 0.6 is 0 Å². The van der Waals surface area contributed by atoms with Gasteiger partial charge in [-0.1, -0.05) is 81.4 Å². The average molecular weight is 459 g/mol. The van der Waals surface area contributed by atoms with Crippen molar-refractivity contribution < 1.29 is 28.2 Å². The Labute approximate surface area is 191 Å². The smallest absolute Gasteiger partial charge is 0.335 e. The van der Waals surface area contributed by atoms with Crippen molar-refractivity contribution >= 4 is 24.7 Å². The molecule has 0 amide bonds. The van der Waals surface area contributed by atoms with Gasteiger partial charge in [0.05, 0.1) is 19.8 Å². The molecule has 6 nitrogen and oxygen atoms in total. The molecule has 0 bridgehead atoms. The molecule has 0 radical (unpaired) electrons. The first-order valence-corrected chi connectivity index (χ1v) is 12.9. The molecule has 1 saturated heterocycles. The summed E-state index contributed by atoms with van der Waals surface area (Å²) >= 11 is 0. The molecule has 7 heteroatoms. The molecule has 1 aliphatic rings. The Morgan fingerprint density at radius 2 is 1.56 bits per heavy atom. The quantitative estimate of drug-likeness (QED) is 0.223. The fraction of sp³-hybridized carbons (Fsp3) is 0.480. The second-order valence-electron chi connectivity index (χ2n) is 8.94. The molecule has 0 unspecified atom stereocenters. The largest absolute Gasteiger partial charge is 0.458 e. The van der Waals surface area contributed by atoms with Crippen molar-refractivity contribution in [1.29, 1.82) is 0 Å². The van der Waals surface area contributed by atoms with Crippen molar-refractivity contribution in [3.05, 3.63) is 60.7 Å². The number of esters is 1. The molecule has 2 atom stereocenters. The number of hydrogen-bond donors (Lipinski definition) is 0. The van der Waals surface area contributed by atoms with Crippen LogP contribution in [0.2, 0.25) is 5.04 Å². The van der Waals surface area contributed by atoms with Gasteiger partial charge in [0.25, 0.3) is 8.32 Å². The highest BCUT2D eigenvalue weighted by molar-refractivity contribution is 6.99. The first kappa shape index (κ1) is 24.6. The van der Waals surface area contributed by atoms with Crippen molar-refractivity contribution in [1.82, 2.24) is 0 Å². The molecular formula is C25H34O6Si. The highest BCUT2D eigenvalue weighted by Gasteiger charge is 2.51. The van der Waals surface area contributed by atoms with Gasteiger partial charge in [0, 0.05) is 13.5 Å². The van der Waals surface area contributed by atoms with Gasteiger partial charge in [-0.05, 0) is 15.4 Å². The van der Waals surface area contributed by atoms with Crippen LogP contribution in [0.3, 0.4) is 0 Å². The van der Waals surface area contributed by atoms with Crippen LogP contribution in [0.5, 0.6) is 0 Å². The van der Waals surface area contributed by atoms with Crippen molar-refractivity contribution in [3.8, 4) is 0 Å². The SMILES string of the molecule is COCCOCO[C@H]1C[C@@H](CO[Si](c2ccccc2)(c2ccccc2)C(C)(C)C)OC1=O. The summed E-state index contributed by atoms with van der Waals surface area (Å²) in [4.78, 5) is 12.3. The van der Waals surface area contributed by atoms with Gasteiger partial charge < -0.3 is 23.4 Å². The summed E-state index contributed by atoms with van der Waals surface area (Å²) in [7, 11) is -1.07. The van der Waals surface area contributed by atoms with Crippen molar-refractivity contribution in [2.24, 2.45) is 0 Å². The van der Waals surface area contributed by atoms with E-state index in [0.717, 1.165) is 0 Å². The Balaban J connectivity index is 1.75. The Morgan fingerprint density at radius 1 is 0.969 bits per heavy atom. The summed E-state index contributed by atoms with van der Waals surface area (Å²) in [6.45, 7) is 7.93. The monoisotopic (exact) mass is 458 g/mol. The van der Waals surface area contributed by atoms with Crippen LogP contribution in [-0.4, -0.2) is 60.2 Å². The van der Waals surface area contributed by atoms with Crippen LogP contribution in [0.15, 0.2) is 60.7 Å². The van der Waals surface area contributed by atoms with Gasteiger partial charge in [-0.3, -0.25) is 0 Å². The third kappa shape index (κ3) is 5.66. The van der Waals surface area contributed by atoms with E-state index in [-0.39, 0.29) is 23.9 Å².